The molecule has 0 saturated heterocycles. The number of nitrogens with two attached hydrogens (primary N) is 1. The Morgan fingerprint density at radius 2 is 2.16 bits per heavy atom. The third-order valence-corrected chi connectivity index (χ3v) is 2.82. The van der Waals surface area contributed by atoms with Gasteiger partial charge in [0, 0.05) is 11.4 Å². The zero-order chi connectivity index (χ0) is 14.0. The van der Waals surface area contributed by atoms with Crippen molar-refractivity contribution >= 4 is 33.4 Å². The topological polar surface area (TPSA) is 90.0 Å². The molecule has 7 heteroatoms. The number of benzene rings is 1. The molecule has 0 bridgehead atoms. The average molecular weight is 323 g/mol. The third kappa shape index (κ3) is 3.00. The first-order chi connectivity index (χ1) is 8.97. The number of anilines is 1. The predicted octanol–water partition coefficient (Wildman–Crippen LogP) is 1.69. The zero-order valence-corrected chi connectivity index (χ0v) is 11.6. The number of carbonyl (C=O) groups excluding carboxylic acids is 2. The van der Waals surface area contributed by atoms with Gasteiger partial charge in [-0.3, -0.25) is 9.59 Å². The fourth-order valence-electron chi connectivity index (χ4n) is 1.59. The maximum Gasteiger partial charge on any atom is 0.271 e. The Hall–Kier alpha value is -2.15. The van der Waals surface area contributed by atoms with Crippen molar-refractivity contribution in [2.45, 2.75) is 6.92 Å². The molecule has 0 fully saturated rings. The predicted molar refractivity (Wildman–Crippen MR) is 74.1 cm³/mol. The molecule has 98 valence electrons. The fourth-order valence-corrected chi connectivity index (χ4v) is 1.98. The first-order valence-electron chi connectivity index (χ1n) is 5.40. The molecule has 1 heterocycles. The maximum atomic E-state index is 11.3. The van der Waals surface area contributed by atoms with Crippen LogP contribution in [0.1, 0.15) is 17.4 Å². The summed E-state index contributed by atoms with van der Waals surface area (Å²) in [5.74, 6) is -0.992. The molecular formula is C12H11BrN4O2. The Balaban J connectivity index is 2.48. The van der Waals surface area contributed by atoms with Gasteiger partial charge in [0.05, 0.1) is 17.6 Å². The van der Waals surface area contributed by atoms with Crippen LogP contribution < -0.4 is 11.1 Å². The summed E-state index contributed by atoms with van der Waals surface area (Å²) >= 11 is 3.35. The average Bonchev–Trinajstić information content (AvgIpc) is 2.72. The number of primary amides is 1. The van der Waals surface area contributed by atoms with Crippen molar-refractivity contribution in [1.82, 2.24) is 9.78 Å². The van der Waals surface area contributed by atoms with Gasteiger partial charge in [-0.25, -0.2) is 4.68 Å². The fraction of sp³-hybridized carbons (Fsp3) is 0.0833. The summed E-state index contributed by atoms with van der Waals surface area (Å²) < 4.78 is 2.36. The van der Waals surface area contributed by atoms with Gasteiger partial charge in [-0.1, -0.05) is 22.0 Å². The lowest BCUT2D eigenvalue weighted by Gasteiger charge is -2.00. The molecule has 0 unspecified atom stereocenters. The second-order valence-electron chi connectivity index (χ2n) is 3.86. The highest BCUT2D eigenvalue weighted by Gasteiger charge is 2.15. The van der Waals surface area contributed by atoms with Gasteiger partial charge in [-0.15, -0.1) is 0 Å². The molecular weight excluding hydrogens is 312 g/mol. The number of hydrogen-bond donors (Lipinski definition) is 2. The Morgan fingerprint density at radius 3 is 2.74 bits per heavy atom. The normalized spacial score (nSPS) is 10.2. The molecule has 0 aliphatic carbocycles. The van der Waals surface area contributed by atoms with Crippen LogP contribution in [0.2, 0.25) is 0 Å². The Bertz CT molecular complexity index is 651. The number of rotatable bonds is 3. The van der Waals surface area contributed by atoms with Crippen LogP contribution in [-0.2, 0) is 4.79 Å². The highest BCUT2D eigenvalue weighted by molar-refractivity contribution is 9.10. The molecule has 0 saturated carbocycles. The molecule has 0 aliphatic heterocycles. The molecule has 19 heavy (non-hydrogen) atoms. The maximum absolute atomic E-state index is 11.3. The number of nitrogens with zero attached hydrogens (tertiary/aromatic N) is 2. The van der Waals surface area contributed by atoms with Crippen molar-refractivity contribution in [1.29, 1.82) is 0 Å². The van der Waals surface area contributed by atoms with Gasteiger partial charge in [-0.2, -0.15) is 5.10 Å². The minimum absolute atomic E-state index is 0.0233. The van der Waals surface area contributed by atoms with Crippen LogP contribution in [0.4, 0.5) is 5.69 Å². The molecule has 0 spiro atoms. The van der Waals surface area contributed by atoms with Gasteiger partial charge in [0.1, 0.15) is 0 Å². The van der Waals surface area contributed by atoms with E-state index in [1.807, 2.05) is 24.3 Å². The molecule has 1 aromatic carbocycles. The van der Waals surface area contributed by atoms with E-state index in [0.29, 0.717) is 5.69 Å². The van der Waals surface area contributed by atoms with Crippen LogP contribution in [0.15, 0.2) is 34.9 Å². The van der Waals surface area contributed by atoms with Gasteiger partial charge >= 0.3 is 0 Å². The van der Waals surface area contributed by atoms with Crippen molar-refractivity contribution in [3.8, 4) is 5.69 Å². The third-order valence-electron chi connectivity index (χ3n) is 2.33. The van der Waals surface area contributed by atoms with E-state index in [1.165, 1.54) is 11.6 Å². The SMILES string of the molecule is CC(=O)Nc1cn(-c2cccc(Br)c2)nc1C(N)=O. The molecule has 2 rings (SSSR count). The quantitative estimate of drug-likeness (QED) is 0.901. The minimum Gasteiger partial charge on any atom is -0.364 e. The second-order valence-corrected chi connectivity index (χ2v) is 4.78. The summed E-state index contributed by atoms with van der Waals surface area (Å²) in [6.45, 7) is 1.35. The Kier molecular flexibility index (Phi) is 3.66. The highest BCUT2D eigenvalue weighted by atomic mass is 79.9. The van der Waals surface area contributed by atoms with E-state index in [0.717, 1.165) is 10.2 Å². The zero-order valence-electron chi connectivity index (χ0n) is 10.1. The smallest absolute Gasteiger partial charge is 0.271 e. The molecule has 3 N–H and O–H groups in total. The highest BCUT2D eigenvalue weighted by Crippen LogP contribution is 2.19. The van der Waals surface area contributed by atoms with Crippen molar-refractivity contribution in [3.05, 3.63) is 40.6 Å². The molecule has 0 atom stereocenters. The van der Waals surface area contributed by atoms with Crippen LogP contribution in [0.3, 0.4) is 0 Å². The lowest BCUT2D eigenvalue weighted by molar-refractivity contribution is -0.114. The molecule has 0 aliphatic rings. The van der Waals surface area contributed by atoms with Gasteiger partial charge in [0.2, 0.25) is 5.91 Å². The first kappa shape index (κ1) is 13.3. The lowest BCUT2D eigenvalue weighted by atomic mass is 10.3. The minimum atomic E-state index is -0.697. The molecule has 0 radical (unpaired) electrons. The van der Waals surface area contributed by atoms with E-state index in [-0.39, 0.29) is 11.6 Å². The van der Waals surface area contributed by atoms with Gasteiger partial charge in [0.15, 0.2) is 5.69 Å². The lowest BCUT2D eigenvalue weighted by Crippen LogP contribution is -2.16. The van der Waals surface area contributed by atoms with Gasteiger partial charge in [0.25, 0.3) is 5.91 Å². The van der Waals surface area contributed by atoms with Crippen molar-refractivity contribution < 1.29 is 9.59 Å². The standard InChI is InChI=1S/C12H11BrN4O2/c1-7(18)15-10-6-17(16-11(10)12(14)19)9-4-2-3-8(13)5-9/h2-6H,1H3,(H2,14,19)(H,15,18). The number of amides is 2. The van der Waals surface area contributed by atoms with E-state index in [1.54, 1.807) is 6.20 Å². The van der Waals surface area contributed by atoms with Crippen LogP contribution >= 0.6 is 15.9 Å². The monoisotopic (exact) mass is 322 g/mol. The summed E-state index contributed by atoms with van der Waals surface area (Å²) in [7, 11) is 0. The summed E-state index contributed by atoms with van der Waals surface area (Å²) in [6.07, 6.45) is 1.54. The second kappa shape index (κ2) is 5.23. The van der Waals surface area contributed by atoms with Crippen LogP contribution in [0.25, 0.3) is 5.69 Å². The number of carbonyl (C=O) groups is 2. The molecule has 1 aromatic heterocycles. The van der Waals surface area contributed by atoms with E-state index < -0.39 is 5.91 Å². The summed E-state index contributed by atoms with van der Waals surface area (Å²) in [6, 6.07) is 7.36. The number of hydrogen-bond acceptors (Lipinski definition) is 3. The number of halogens is 1. The molecule has 6 nitrogen and oxygen atoms in total. The summed E-state index contributed by atoms with van der Waals surface area (Å²) in [5.41, 5.74) is 6.30. The largest absolute Gasteiger partial charge is 0.364 e. The van der Waals surface area contributed by atoms with Crippen LogP contribution in [0.5, 0.6) is 0 Å². The van der Waals surface area contributed by atoms with E-state index >= 15 is 0 Å². The van der Waals surface area contributed by atoms with Crippen molar-refractivity contribution in [3.63, 3.8) is 0 Å². The molecule has 2 amide bonds. The van der Waals surface area contributed by atoms with Crippen molar-refractivity contribution in [2.75, 3.05) is 5.32 Å². The number of nitrogens with one attached hydrogen (secondary N) is 1. The van der Waals surface area contributed by atoms with Crippen LogP contribution in [-0.4, -0.2) is 21.6 Å². The van der Waals surface area contributed by atoms with E-state index in [9.17, 15) is 9.59 Å². The van der Waals surface area contributed by atoms with E-state index in [4.69, 9.17) is 5.73 Å². The first-order valence-corrected chi connectivity index (χ1v) is 6.19. The summed E-state index contributed by atoms with van der Waals surface area (Å²) in [5, 5.41) is 6.61. The molecule has 2 aromatic rings. The number of aromatic nitrogens is 2. The van der Waals surface area contributed by atoms with Crippen LogP contribution in [0, 0.1) is 0 Å². The van der Waals surface area contributed by atoms with E-state index in [2.05, 4.69) is 26.3 Å². The van der Waals surface area contributed by atoms with Gasteiger partial charge < -0.3 is 11.1 Å². The van der Waals surface area contributed by atoms with Crippen molar-refractivity contribution in [2.24, 2.45) is 5.73 Å². The van der Waals surface area contributed by atoms with Gasteiger partial charge in [-0.05, 0) is 18.2 Å². The Morgan fingerprint density at radius 1 is 1.42 bits per heavy atom. The Labute approximate surface area is 117 Å². The summed E-state index contributed by atoms with van der Waals surface area (Å²) in [4.78, 5) is 22.4.